The Bertz CT molecular complexity index is 777. The lowest BCUT2D eigenvalue weighted by Crippen LogP contribution is -2.41. The van der Waals surface area contributed by atoms with Crippen molar-refractivity contribution >= 4 is 11.9 Å². The highest BCUT2D eigenvalue weighted by molar-refractivity contribution is 5.97. The molecule has 0 aliphatic heterocycles. The average Bonchev–Trinajstić information content (AvgIpc) is 2.92. The number of hydrogen-bond donors (Lipinski definition) is 1. The summed E-state index contributed by atoms with van der Waals surface area (Å²) in [4.78, 5) is 25.6. The van der Waals surface area contributed by atoms with Crippen LogP contribution in [0.3, 0.4) is 0 Å². The summed E-state index contributed by atoms with van der Waals surface area (Å²) in [5, 5.41) is 8.99. The number of carbonyl (C=O) groups excluding carboxylic acids is 1. The molecule has 0 bridgehead atoms. The fraction of sp³-hybridized carbons (Fsp3) is 0.368. The smallest absolute Gasteiger partial charge is 0.311 e. The van der Waals surface area contributed by atoms with Gasteiger partial charge in [0, 0.05) is 18.7 Å². The minimum atomic E-state index is -1.01. The Kier molecular flexibility index (Phi) is 4.42. The highest BCUT2D eigenvalue weighted by atomic mass is 16.4. The first-order chi connectivity index (χ1) is 11.5. The number of benzene rings is 1. The molecule has 1 unspecified atom stereocenters. The van der Waals surface area contributed by atoms with E-state index in [1.807, 2.05) is 12.1 Å². The molecule has 0 fully saturated rings. The average molecular weight is 327 g/mol. The molecule has 126 valence electrons. The van der Waals surface area contributed by atoms with Gasteiger partial charge in [-0.2, -0.15) is 0 Å². The van der Waals surface area contributed by atoms with Gasteiger partial charge in [0.05, 0.1) is 11.8 Å². The maximum atomic E-state index is 12.9. The van der Waals surface area contributed by atoms with Gasteiger partial charge in [-0.1, -0.05) is 24.3 Å². The topological polar surface area (TPSA) is 70.7 Å². The van der Waals surface area contributed by atoms with Gasteiger partial charge in [0.1, 0.15) is 12.2 Å². The summed E-state index contributed by atoms with van der Waals surface area (Å²) in [5.74, 6) is -0.942. The minimum absolute atomic E-state index is 0.111. The molecule has 1 aromatic heterocycles. The van der Waals surface area contributed by atoms with E-state index in [2.05, 4.69) is 12.1 Å². The van der Waals surface area contributed by atoms with E-state index in [1.54, 1.807) is 18.9 Å². The first-order valence-corrected chi connectivity index (χ1v) is 8.10. The Labute approximate surface area is 140 Å². The monoisotopic (exact) mass is 327 g/mol. The third-order valence-corrected chi connectivity index (χ3v) is 4.77. The Balaban J connectivity index is 1.81. The van der Waals surface area contributed by atoms with Gasteiger partial charge in [0.15, 0.2) is 0 Å². The molecule has 0 spiro atoms. The molecule has 3 rings (SSSR count). The fourth-order valence-electron chi connectivity index (χ4n) is 3.40. The van der Waals surface area contributed by atoms with E-state index in [1.165, 1.54) is 17.4 Å². The van der Waals surface area contributed by atoms with Crippen molar-refractivity contribution in [2.45, 2.75) is 38.6 Å². The zero-order valence-electron chi connectivity index (χ0n) is 13.9. The number of carbonyl (C=O) groups is 2. The van der Waals surface area contributed by atoms with Crippen molar-refractivity contribution in [3.05, 3.63) is 58.5 Å². The number of amides is 1. The minimum Gasteiger partial charge on any atom is -0.481 e. The number of rotatable bonds is 4. The van der Waals surface area contributed by atoms with Gasteiger partial charge in [0.2, 0.25) is 0 Å². The van der Waals surface area contributed by atoms with Gasteiger partial charge in [0.25, 0.3) is 5.91 Å². The molecule has 2 aromatic rings. The largest absolute Gasteiger partial charge is 0.481 e. The standard InChI is InChI=1S/C19H21NO4/c1-12-11-24-16(10-17(21)22)18(12)19(23)20(2)15-8-7-13-5-3-4-6-14(13)9-15/h3-6,11,15H,7-10H2,1-2H3,(H,21,22). The Hall–Kier alpha value is -2.56. The van der Waals surface area contributed by atoms with Gasteiger partial charge in [-0.25, -0.2) is 0 Å². The lowest BCUT2D eigenvalue weighted by atomic mass is 9.87. The molecule has 1 heterocycles. The van der Waals surface area contributed by atoms with E-state index in [4.69, 9.17) is 9.52 Å². The van der Waals surface area contributed by atoms with E-state index >= 15 is 0 Å². The third kappa shape index (κ3) is 3.07. The molecule has 1 atom stereocenters. The molecular weight excluding hydrogens is 306 g/mol. The summed E-state index contributed by atoms with van der Waals surface area (Å²) in [7, 11) is 1.79. The van der Waals surface area contributed by atoms with Gasteiger partial charge < -0.3 is 14.4 Å². The van der Waals surface area contributed by atoms with E-state index in [-0.39, 0.29) is 24.1 Å². The Morgan fingerprint density at radius 1 is 1.29 bits per heavy atom. The molecule has 1 aliphatic rings. The van der Waals surface area contributed by atoms with Gasteiger partial charge in [-0.3, -0.25) is 9.59 Å². The number of carboxylic acid groups (broad SMARTS) is 1. The van der Waals surface area contributed by atoms with Crippen molar-refractivity contribution in [3.63, 3.8) is 0 Å². The van der Waals surface area contributed by atoms with Gasteiger partial charge in [-0.15, -0.1) is 0 Å². The highest BCUT2D eigenvalue weighted by Crippen LogP contribution is 2.26. The van der Waals surface area contributed by atoms with Crippen LogP contribution in [0.5, 0.6) is 0 Å². The summed E-state index contributed by atoms with van der Waals surface area (Å²) in [6.07, 6.45) is 3.85. The van der Waals surface area contributed by atoms with Crippen LogP contribution in [0.1, 0.15) is 39.2 Å². The number of nitrogens with zero attached hydrogens (tertiary/aromatic N) is 1. The second-order valence-electron chi connectivity index (χ2n) is 6.37. The number of hydrogen-bond acceptors (Lipinski definition) is 3. The molecule has 1 aliphatic carbocycles. The SMILES string of the molecule is Cc1coc(CC(=O)O)c1C(=O)N(C)C1CCc2ccccc2C1. The molecule has 1 N–H and O–H groups in total. The second kappa shape index (κ2) is 6.51. The van der Waals surface area contributed by atoms with Crippen LogP contribution in [-0.4, -0.2) is 35.0 Å². The zero-order valence-corrected chi connectivity index (χ0v) is 13.9. The normalized spacial score (nSPS) is 16.5. The van der Waals surface area contributed by atoms with Crippen LogP contribution in [0, 0.1) is 6.92 Å². The van der Waals surface area contributed by atoms with Crippen LogP contribution in [-0.2, 0) is 24.1 Å². The number of carboxylic acids is 1. The molecule has 0 saturated heterocycles. The van der Waals surface area contributed by atoms with Crippen molar-refractivity contribution in [1.82, 2.24) is 4.90 Å². The van der Waals surface area contributed by atoms with E-state index in [0.717, 1.165) is 19.3 Å². The fourth-order valence-corrected chi connectivity index (χ4v) is 3.40. The molecule has 5 nitrogen and oxygen atoms in total. The number of fused-ring (bicyclic) bond motifs is 1. The molecule has 5 heteroatoms. The molecule has 24 heavy (non-hydrogen) atoms. The number of likely N-dealkylation sites (N-methyl/N-ethyl adjacent to an activating group) is 1. The summed E-state index contributed by atoms with van der Waals surface area (Å²) < 4.78 is 5.29. The summed E-state index contributed by atoms with van der Waals surface area (Å²) in [6.45, 7) is 1.77. The van der Waals surface area contributed by atoms with Crippen LogP contribution in [0.2, 0.25) is 0 Å². The summed E-state index contributed by atoms with van der Waals surface area (Å²) in [5.41, 5.74) is 3.70. The van der Waals surface area contributed by atoms with E-state index in [9.17, 15) is 9.59 Å². The molecule has 0 radical (unpaired) electrons. The number of aliphatic carboxylic acids is 1. The van der Waals surface area contributed by atoms with Gasteiger partial charge >= 0.3 is 5.97 Å². The van der Waals surface area contributed by atoms with Crippen LogP contribution in [0.4, 0.5) is 0 Å². The maximum Gasteiger partial charge on any atom is 0.311 e. The van der Waals surface area contributed by atoms with Gasteiger partial charge in [-0.05, 0) is 37.3 Å². The first-order valence-electron chi connectivity index (χ1n) is 8.10. The van der Waals surface area contributed by atoms with Crippen LogP contribution < -0.4 is 0 Å². The van der Waals surface area contributed by atoms with Crippen molar-refractivity contribution in [2.24, 2.45) is 0 Å². The lowest BCUT2D eigenvalue weighted by molar-refractivity contribution is -0.136. The number of aryl methyl sites for hydroxylation is 2. The lowest BCUT2D eigenvalue weighted by Gasteiger charge is -2.32. The predicted molar refractivity (Wildman–Crippen MR) is 89.1 cm³/mol. The predicted octanol–water partition coefficient (Wildman–Crippen LogP) is 2.84. The molecular formula is C19H21NO4. The van der Waals surface area contributed by atoms with Crippen molar-refractivity contribution in [2.75, 3.05) is 7.05 Å². The van der Waals surface area contributed by atoms with Crippen LogP contribution >= 0.6 is 0 Å². The highest BCUT2D eigenvalue weighted by Gasteiger charge is 2.29. The number of furan rings is 1. The zero-order chi connectivity index (χ0) is 17.3. The Morgan fingerprint density at radius 3 is 2.71 bits per heavy atom. The van der Waals surface area contributed by atoms with E-state index in [0.29, 0.717) is 11.1 Å². The van der Waals surface area contributed by atoms with Crippen LogP contribution in [0.25, 0.3) is 0 Å². The molecule has 1 aromatic carbocycles. The third-order valence-electron chi connectivity index (χ3n) is 4.77. The molecule has 1 amide bonds. The van der Waals surface area contributed by atoms with Crippen molar-refractivity contribution in [3.8, 4) is 0 Å². The summed E-state index contributed by atoms with van der Waals surface area (Å²) >= 11 is 0. The van der Waals surface area contributed by atoms with Crippen LogP contribution in [0.15, 0.2) is 34.9 Å². The first kappa shape index (κ1) is 16.3. The second-order valence-corrected chi connectivity index (χ2v) is 6.37. The van der Waals surface area contributed by atoms with E-state index < -0.39 is 5.97 Å². The summed E-state index contributed by atoms with van der Waals surface area (Å²) in [6, 6.07) is 8.42. The van der Waals surface area contributed by atoms with Crippen molar-refractivity contribution in [1.29, 1.82) is 0 Å². The molecule has 0 saturated carbocycles. The maximum absolute atomic E-state index is 12.9. The van der Waals surface area contributed by atoms with Crippen molar-refractivity contribution < 1.29 is 19.1 Å². The Morgan fingerprint density at radius 2 is 2.00 bits per heavy atom. The quantitative estimate of drug-likeness (QED) is 0.937.